The van der Waals surface area contributed by atoms with Crippen molar-refractivity contribution in [1.82, 2.24) is 14.9 Å². The van der Waals surface area contributed by atoms with Crippen LogP contribution in [0.1, 0.15) is 12.8 Å². The van der Waals surface area contributed by atoms with Crippen LogP contribution >= 0.6 is 0 Å². The first-order valence-corrected chi connectivity index (χ1v) is 12.9. The normalized spacial score (nSPS) is 13.9. The molecule has 4 aromatic rings. The number of aromatic nitrogens is 2. The summed E-state index contributed by atoms with van der Waals surface area (Å²) < 4.78 is 17.3. The highest BCUT2D eigenvalue weighted by Crippen LogP contribution is 2.29. The predicted molar refractivity (Wildman–Crippen MR) is 146 cm³/mol. The Labute approximate surface area is 221 Å². The van der Waals surface area contributed by atoms with Crippen molar-refractivity contribution in [2.45, 2.75) is 12.8 Å². The zero-order chi connectivity index (χ0) is 26.2. The number of carbonyl (C=O) groups is 1. The highest BCUT2D eigenvalue weighted by molar-refractivity contribution is 5.87. The molecule has 5 rings (SSSR count). The number of hydrogen-bond donors (Lipinski definition) is 1. The maximum absolute atomic E-state index is 10.7. The van der Waals surface area contributed by atoms with E-state index >= 15 is 0 Å². The summed E-state index contributed by atoms with van der Waals surface area (Å²) in [6, 6.07) is 23.9. The van der Waals surface area contributed by atoms with Crippen LogP contribution in [0, 0.1) is 0 Å². The maximum atomic E-state index is 10.7. The lowest BCUT2D eigenvalue weighted by Gasteiger charge is -2.26. The molecular weight excluding hydrogens is 482 g/mol. The Hall–Kier alpha value is -4.01. The molecular formula is C30H31N3O5. The van der Waals surface area contributed by atoms with Gasteiger partial charge in [0.15, 0.2) is 5.82 Å². The third-order valence-corrected chi connectivity index (χ3v) is 6.41. The summed E-state index contributed by atoms with van der Waals surface area (Å²) in [7, 11) is 0. The molecule has 8 nitrogen and oxygen atoms in total. The molecule has 2 heterocycles. The molecule has 0 atom stereocenters. The van der Waals surface area contributed by atoms with Crippen molar-refractivity contribution in [2.24, 2.45) is 0 Å². The highest BCUT2D eigenvalue weighted by atomic mass is 16.5. The molecule has 1 fully saturated rings. The molecule has 1 aliphatic rings. The molecule has 3 aromatic carbocycles. The van der Waals surface area contributed by atoms with Crippen molar-refractivity contribution in [2.75, 3.05) is 46.1 Å². The molecule has 0 bridgehead atoms. The Balaban J connectivity index is 1.36. The van der Waals surface area contributed by atoms with Crippen LogP contribution in [0.2, 0.25) is 0 Å². The van der Waals surface area contributed by atoms with Crippen LogP contribution in [0.5, 0.6) is 11.6 Å². The van der Waals surface area contributed by atoms with Gasteiger partial charge in [0.1, 0.15) is 12.4 Å². The summed E-state index contributed by atoms with van der Waals surface area (Å²) in [6.45, 7) is 5.08. The molecule has 1 aromatic heterocycles. The molecule has 8 heteroatoms. The Morgan fingerprint density at radius 1 is 0.868 bits per heavy atom. The Kier molecular flexibility index (Phi) is 8.42. The van der Waals surface area contributed by atoms with Crippen LogP contribution in [-0.4, -0.2) is 72.0 Å². The lowest BCUT2D eigenvalue weighted by molar-refractivity contribution is -0.137. The third kappa shape index (κ3) is 6.85. The van der Waals surface area contributed by atoms with Gasteiger partial charge >= 0.3 is 5.97 Å². The van der Waals surface area contributed by atoms with Crippen LogP contribution < -0.4 is 9.47 Å². The van der Waals surface area contributed by atoms with E-state index < -0.39 is 5.97 Å². The van der Waals surface area contributed by atoms with Gasteiger partial charge in [0.2, 0.25) is 5.88 Å². The number of hydrogen-bond acceptors (Lipinski definition) is 7. The number of rotatable bonds is 11. The molecule has 196 valence electrons. The molecule has 1 aliphatic heterocycles. The summed E-state index contributed by atoms with van der Waals surface area (Å²) in [4.78, 5) is 22.6. The van der Waals surface area contributed by atoms with Gasteiger partial charge in [0.05, 0.1) is 25.5 Å². The van der Waals surface area contributed by atoms with E-state index in [-0.39, 0.29) is 6.42 Å². The summed E-state index contributed by atoms with van der Waals surface area (Å²) >= 11 is 0. The first-order chi connectivity index (χ1) is 18.6. The monoisotopic (exact) mass is 513 g/mol. The van der Waals surface area contributed by atoms with Crippen LogP contribution in [0.15, 0.2) is 72.8 Å². The van der Waals surface area contributed by atoms with Gasteiger partial charge in [-0.05, 0) is 35.4 Å². The molecule has 38 heavy (non-hydrogen) atoms. The molecule has 0 spiro atoms. The van der Waals surface area contributed by atoms with Gasteiger partial charge in [-0.25, -0.2) is 4.98 Å². The van der Waals surface area contributed by atoms with Crippen LogP contribution in [0.3, 0.4) is 0 Å². The number of carboxylic acids is 1. The molecule has 0 radical (unpaired) electrons. The van der Waals surface area contributed by atoms with Crippen molar-refractivity contribution in [1.29, 1.82) is 0 Å². The van der Waals surface area contributed by atoms with Crippen molar-refractivity contribution in [3.05, 3.63) is 72.8 Å². The fourth-order valence-corrected chi connectivity index (χ4v) is 4.36. The quantitative estimate of drug-likeness (QED) is 0.283. The van der Waals surface area contributed by atoms with E-state index in [1.807, 2.05) is 66.7 Å². The SMILES string of the molecule is O=C(O)CCCOc1ccc2cc(-c3nc(OCCN4CCOCC4)cc(-c4ccccc4)n3)ccc2c1. The van der Waals surface area contributed by atoms with E-state index in [1.54, 1.807) is 0 Å². The second-order valence-electron chi connectivity index (χ2n) is 9.15. The Bertz CT molecular complexity index is 1370. The largest absolute Gasteiger partial charge is 0.494 e. The van der Waals surface area contributed by atoms with E-state index in [0.29, 0.717) is 37.1 Å². The third-order valence-electron chi connectivity index (χ3n) is 6.41. The number of nitrogens with zero attached hydrogens (tertiary/aromatic N) is 3. The lowest BCUT2D eigenvalue weighted by Crippen LogP contribution is -2.38. The fraction of sp³-hybridized carbons (Fsp3) is 0.300. The number of benzene rings is 3. The molecule has 0 amide bonds. The van der Waals surface area contributed by atoms with Crippen LogP contribution in [0.25, 0.3) is 33.4 Å². The minimum atomic E-state index is -0.816. The predicted octanol–water partition coefficient (Wildman–Crippen LogP) is 4.92. The Morgan fingerprint density at radius 3 is 2.47 bits per heavy atom. The van der Waals surface area contributed by atoms with Gasteiger partial charge in [-0.15, -0.1) is 0 Å². The maximum Gasteiger partial charge on any atom is 0.303 e. The number of fused-ring (bicyclic) bond motifs is 1. The minimum absolute atomic E-state index is 0.0951. The van der Waals surface area contributed by atoms with Crippen molar-refractivity contribution in [3.63, 3.8) is 0 Å². The van der Waals surface area contributed by atoms with Gasteiger partial charge in [0.25, 0.3) is 0 Å². The zero-order valence-electron chi connectivity index (χ0n) is 21.2. The van der Waals surface area contributed by atoms with Gasteiger partial charge in [-0.3, -0.25) is 9.69 Å². The van der Waals surface area contributed by atoms with Gasteiger partial charge in [-0.2, -0.15) is 4.98 Å². The second-order valence-corrected chi connectivity index (χ2v) is 9.15. The summed E-state index contributed by atoms with van der Waals surface area (Å²) in [5.41, 5.74) is 2.70. The number of aliphatic carboxylic acids is 1. The fourth-order valence-electron chi connectivity index (χ4n) is 4.36. The van der Waals surface area contributed by atoms with E-state index in [2.05, 4.69) is 11.0 Å². The van der Waals surface area contributed by atoms with Crippen molar-refractivity contribution >= 4 is 16.7 Å². The molecule has 1 N–H and O–H groups in total. The average Bonchev–Trinajstić information content (AvgIpc) is 2.96. The zero-order valence-corrected chi connectivity index (χ0v) is 21.2. The second kappa shape index (κ2) is 12.5. The molecule has 1 saturated heterocycles. The van der Waals surface area contributed by atoms with Gasteiger partial charge < -0.3 is 19.3 Å². The van der Waals surface area contributed by atoms with E-state index in [4.69, 9.17) is 29.3 Å². The topological polar surface area (TPSA) is 94.0 Å². The number of carboxylic acid groups (broad SMARTS) is 1. The molecule has 0 unspecified atom stereocenters. The first kappa shape index (κ1) is 25.6. The van der Waals surface area contributed by atoms with E-state index in [1.165, 1.54) is 0 Å². The van der Waals surface area contributed by atoms with Crippen molar-refractivity contribution in [3.8, 4) is 34.3 Å². The summed E-state index contributed by atoms with van der Waals surface area (Å²) in [5.74, 6) is 1.05. The van der Waals surface area contributed by atoms with Crippen molar-refractivity contribution < 1.29 is 24.1 Å². The average molecular weight is 514 g/mol. The molecule has 0 saturated carbocycles. The van der Waals surface area contributed by atoms with E-state index in [0.717, 1.165) is 60.4 Å². The Morgan fingerprint density at radius 2 is 1.66 bits per heavy atom. The first-order valence-electron chi connectivity index (χ1n) is 12.9. The lowest BCUT2D eigenvalue weighted by atomic mass is 10.1. The number of ether oxygens (including phenoxy) is 3. The van der Waals surface area contributed by atoms with Crippen LogP contribution in [0.4, 0.5) is 0 Å². The van der Waals surface area contributed by atoms with Gasteiger partial charge in [0, 0.05) is 43.2 Å². The van der Waals surface area contributed by atoms with Gasteiger partial charge in [-0.1, -0.05) is 48.5 Å². The standard InChI is InChI=1S/C30H31N3O5/c34-29(35)7-4-15-37-26-11-10-23-19-25(9-8-24(23)20-26)30-31-27(22-5-2-1-3-6-22)21-28(32-30)38-18-14-33-12-16-36-17-13-33/h1-3,5-6,8-11,19-21H,4,7,12-18H2,(H,34,35). The summed E-state index contributed by atoms with van der Waals surface area (Å²) in [5, 5.41) is 10.8. The number of morpholine rings is 1. The molecule has 0 aliphatic carbocycles. The van der Waals surface area contributed by atoms with E-state index in [9.17, 15) is 4.79 Å². The highest BCUT2D eigenvalue weighted by Gasteiger charge is 2.13. The minimum Gasteiger partial charge on any atom is -0.494 e. The smallest absolute Gasteiger partial charge is 0.303 e. The van der Waals surface area contributed by atoms with Crippen LogP contribution in [-0.2, 0) is 9.53 Å². The summed E-state index contributed by atoms with van der Waals surface area (Å²) in [6.07, 6.45) is 0.566.